The minimum absolute atomic E-state index is 0.207. The van der Waals surface area contributed by atoms with Gasteiger partial charge in [-0.05, 0) is 24.3 Å². The van der Waals surface area contributed by atoms with Crippen LogP contribution in [0.1, 0.15) is 25.7 Å². The molecule has 0 spiro atoms. The first-order chi connectivity index (χ1) is 4.81. The van der Waals surface area contributed by atoms with Crippen molar-refractivity contribution in [3.63, 3.8) is 0 Å². The lowest BCUT2D eigenvalue weighted by atomic mass is 10.1. The molecule has 0 atom stereocenters. The number of rotatable bonds is 1. The van der Waals surface area contributed by atoms with E-state index in [1.807, 2.05) is 30.3 Å². The quantitative estimate of drug-likeness (QED) is 0.533. The number of benzene rings is 1. The molecule has 0 bridgehead atoms. The van der Waals surface area contributed by atoms with Crippen molar-refractivity contribution in [2.75, 3.05) is 0 Å². The SMILES string of the molecule is [2H]C1(c2ccccc2)CC1. The van der Waals surface area contributed by atoms with Gasteiger partial charge in [-0.2, -0.15) is 0 Å². The van der Waals surface area contributed by atoms with E-state index in [4.69, 9.17) is 1.37 Å². The summed E-state index contributed by atoms with van der Waals surface area (Å²) in [5.41, 5.74) is 1.18. The van der Waals surface area contributed by atoms with Crippen LogP contribution in [-0.2, 0) is 0 Å². The second-order valence-corrected chi connectivity index (χ2v) is 2.47. The zero-order chi connectivity index (χ0) is 7.03. The maximum absolute atomic E-state index is 7.78. The molecule has 1 fully saturated rings. The van der Waals surface area contributed by atoms with Crippen LogP contribution in [0.5, 0.6) is 0 Å². The first-order valence-electron chi connectivity index (χ1n) is 3.87. The van der Waals surface area contributed by atoms with E-state index in [-0.39, 0.29) is 5.89 Å². The average Bonchev–Trinajstić information content (AvgIpc) is 2.72. The summed E-state index contributed by atoms with van der Waals surface area (Å²) in [6.07, 6.45) is 2.08. The summed E-state index contributed by atoms with van der Waals surface area (Å²) in [6, 6.07) is 10.1. The van der Waals surface area contributed by atoms with Crippen LogP contribution in [0.4, 0.5) is 0 Å². The van der Waals surface area contributed by atoms with Gasteiger partial charge < -0.3 is 0 Å². The molecule has 0 heteroatoms. The molecule has 0 saturated heterocycles. The Morgan fingerprint density at radius 1 is 1.22 bits per heavy atom. The third-order valence-corrected chi connectivity index (χ3v) is 1.68. The Labute approximate surface area is 56.9 Å². The lowest BCUT2D eigenvalue weighted by Crippen LogP contribution is -1.73. The highest BCUT2D eigenvalue weighted by Crippen LogP contribution is 2.39. The van der Waals surface area contributed by atoms with Crippen molar-refractivity contribution in [2.45, 2.75) is 18.7 Å². The van der Waals surface area contributed by atoms with Crippen molar-refractivity contribution < 1.29 is 1.37 Å². The van der Waals surface area contributed by atoms with Gasteiger partial charge in [0.05, 0.1) is 0 Å². The predicted octanol–water partition coefficient (Wildman–Crippen LogP) is 2.56. The average molecular weight is 119 g/mol. The summed E-state index contributed by atoms with van der Waals surface area (Å²) in [7, 11) is 0. The van der Waals surface area contributed by atoms with Gasteiger partial charge in [-0.1, -0.05) is 30.3 Å². The molecule has 1 aliphatic rings. The third kappa shape index (κ3) is 0.973. The molecule has 1 aromatic carbocycles. The highest BCUT2D eigenvalue weighted by Gasteiger charge is 2.22. The largest absolute Gasteiger partial charge is 0.0622 e. The molecule has 1 saturated carbocycles. The fourth-order valence-electron chi connectivity index (χ4n) is 1.03. The Morgan fingerprint density at radius 2 is 1.89 bits per heavy atom. The number of hydrogen-bond acceptors (Lipinski definition) is 0. The number of hydrogen-bond donors (Lipinski definition) is 0. The van der Waals surface area contributed by atoms with Crippen LogP contribution in [0.25, 0.3) is 0 Å². The van der Waals surface area contributed by atoms with E-state index in [1.54, 1.807) is 0 Å². The van der Waals surface area contributed by atoms with Crippen molar-refractivity contribution in [1.29, 1.82) is 0 Å². The third-order valence-electron chi connectivity index (χ3n) is 1.68. The Balaban J connectivity index is 2.35. The summed E-state index contributed by atoms with van der Waals surface area (Å²) in [5.74, 6) is -0.207. The zero-order valence-corrected chi connectivity index (χ0v) is 5.30. The summed E-state index contributed by atoms with van der Waals surface area (Å²) >= 11 is 0. The van der Waals surface area contributed by atoms with Gasteiger partial charge in [0, 0.05) is 1.37 Å². The van der Waals surface area contributed by atoms with Crippen LogP contribution >= 0.6 is 0 Å². The van der Waals surface area contributed by atoms with E-state index in [2.05, 4.69) is 0 Å². The summed E-state index contributed by atoms with van der Waals surface area (Å²) in [5, 5.41) is 0. The molecule has 1 aliphatic carbocycles. The lowest BCUT2D eigenvalue weighted by molar-refractivity contribution is 1.13. The van der Waals surface area contributed by atoms with E-state index >= 15 is 0 Å². The molecule has 0 N–H and O–H groups in total. The molecule has 1 aromatic rings. The van der Waals surface area contributed by atoms with Gasteiger partial charge >= 0.3 is 0 Å². The topological polar surface area (TPSA) is 0 Å². The minimum atomic E-state index is -0.207. The Hall–Kier alpha value is -0.780. The molecule has 2 rings (SSSR count). The monoisotopic (exact) mass is 119 g/mol. The summed E-state index contributed by atoms with van der Waals surface area (Å²) in [6.45, 7) is 0. The first-order valence-corrected chi connectivity index (χ1v) is 3.37. The first kappa shape index (κ1) is 4.10. The molecular formula is C9H10. The maximum atomic E-state index is 7.78. The predicted molar refractivity (Wildman–Crippen MR) is 38.4 cm³/mol. The minimum Gasteiger partial charge on any atom is -0.0622 e. The standard InChI is InChI=1S/C9H10/c1-2-4-8(5-3-1)9-6-7-9/h1-5,9H,6-7H2/i9D. The molecule has 0 aliphatic heterocycles. The molecule has 0 aromatic heterocycles. The molecule has 9 heavy (non-hydrogen) atoms. The van der Waals surface area contributed by atoms with Crippen molar-refractivity contribution in [2.24, 2.45) is 0 Å². The van der Waals surface area contributed by atoms with E-state index < -0.39 is 0 Å². The summed E-state index contributed by atoms with van der Waals surface area (Å²) < 4.78 is 7.78. The fourth-order valence-corrected chi connectivity index (χ4v) is 1.03. The van der Waals surface area contributed by atoms with Crippen molar-refractivity contribution in [1.82, 2.24) is 0 Å². The van der Waals surface area contributed by atoms with Crippen LogP contribution in [0.2, 0.25) is 0 Å². The van der Waals surface area contributed by atoms with Gasteiger partial charge in [0.2, 0.25) is 0 Å². The van der Waals surface area contributed by atoms with Gasteiger partial charge in [0.25, 0.3) is 0 Å². The van der Waals surface area contributed by atoms with Crippen LogP contribution in [0, 0.1) is 0 Å². The Bertz CT molecular complexity index is 224. The van der Waals surface area contributed by atoms with Crippen LogP contribution in [-0.4, -0.2) is 0 Å². The zero-order valence-electron chi connectivity index (χ0n) is 6.30. The van der Waals surface area contributed by atoms with Crippen LogP contribution < -0.4 is 0 Å². The second kappa shape index (κ2) is 1.87. The normalized spacial score (nSPS) is 22.9. The molecular weight excluding hydrogens is 108 g/mol. The van der Waals surface area contributed by atoms with E-state index in [1.165, 1.54) is 5.56 Å². The van der Waals surface area contributed by atoms with Gasteiger partial charge in [-0.25, -0.2) is 0 Å². The second-order valence-electron chi connectivity index (χ2n) is 2.47. The van der Waals surface area contributed by atoms with Gasteiger partial charge in [0.15, 0.2) is 0 Å². The fraction of sp³-hybridized carbons (Fsp3) is 0.333. The van der Waals surface area contributed by atoms with Crippen molar-refractivity contribution in [3.05, 3.63) is 35.9 Å². The molecule has 0 unspecified atom stereocenters. The Morgan fingerprint density at radius 3 is 2.44 bits per heavy atom. The van der Waals surface area contributed by atoms with Gasteiger partial charge in [-0.15, -0.1) is 0 Å². The molecule has 46 valence electrons. The Kier molecular flexibility index (Phi) is 0.853. The lowest BCUT2D eigenvalue weighted by Gasteiger charge is -1.92. The highest BCUT2D eigenvalue weighted by atomic mass is 14.3. The van der Waals surface area contributed by atoms with Crippen molar-refractivity contribution >= 4 is 0 Å². The van der Waals surface area contributed by atoms with Crippen LogP contribution in [0.3, 0.4) is 0 Å². The van der Waals surface area contributed by atoms with E-state index in [0.717, 1.165) is 12.8 Å². The summed E-state index contributed by atoms with van der Waals surface area (Å²) in [4.78, 5) is 0. The van der Waals surface area contributed by atoms with E-state index in [9.17, 15) is 0 Å². The maximum Gasteiger partial charge on any atom is 0.0352 e. The van der Waals surface area contributed by atoms with Crippen LogP contribution in [0.15, 0.2) is 30.3 Å². The van der Waals surface area contributed by atoms with Gasteiger partial charge in [0.1, 0.15) is 0 Å². The highest BCUT2D eigenvalue weighted by molar-refractivity contribution is 5.22. The molecule has 0 nitrogen and oxygen atoms in total. The molecule has 0 radical (unpaired) electrons. The van der Waals surface area contributed by atoms with E-state index in [0.29, 0.717) is 0 Å². The van der Waals surface area contributed by atoms with Crippen molar-refractivity contribution in [3.8, 4) is 0 Å². The molecule has 0 amide bonds. The molecule has 0 heterocycles. The smallest absolute Gasteiger partial charge is 0.0352 e. The van der Waals surface area contributed by atoms with Gasteiger partial charge in [-0.3, -0.25) is 0 Å².